The molecule has 4 heteroatoms. The van der Waals surface area contributed by atoms with Gasteiger partial charge in [-0.05, 0) is 44.2 Å². The summed E-state index contributed by atoms with van der Waals surface area (Å²) in [6.45, 7) is 3.99. The molecule has 0 aliphatic rings. The first kappa shape index (κ1) is 14.0. The third-order valence-corrected chi connectivity index (χ3v) is 2.83. The first-order valence-electron chi connectivity index (χ1n) is 6.03. The van der Waals surface area contributed by atoms with Crippen LogP contribution in [0.25, 0.3) is 0 Å². The van der Waals surface area contributed by atoms with E-state index in [1.54, 1.807) is 6.07 Å². The molecule has 0 saturated heterocycles. The smallest absolute Gasteiger partial charge is 0.143 e. The van der Waals surface area contributed by atoms with Gasteiger partial charge in [-0.25, -0.2) is 0 Å². The molecule has 0 radical (unpaired) electrons. The minimum Gasteiger partial charge on any atom is -0.489 e. The Balaban J connectivity index is 2.27. The van der Waals surface area contributed by atoms with Crippen LogP contribution in [-0.2, 0) is 0 Å². The van der Waals surface area contributed by atoms with Crippen LogP contribution in [0.2, 0.25) is 10.0 Å². The number of benzene rings is 2. The zero-order valence-electron chi connectivity index (χ0n) is 10.8. The summed E-state index contributed by atoms with van der Waals surface area (Å²) >= 11 is 12.0. The zero-order chi connectivity index (χ0) is 13.8. The molecule has 0 amide bonds. The summed E-state index contributed by atoms with van der Waals surface area (Å²) in [7, 11) is 0. The highest BCUT2D eigenvalue weighted by atomic mass is 35.5. The fourth-order valence-electron chi connectivity index (χ4n) is 1.71. The average molecular weight is 296 g/mol. The van der Waals surface area contributed by atoms with Gasteiger partial charge in [-0.15, -0.1) is 0 Å². The molecule has 1 N–H and O–H groups in total. The summed E-state index contributed by atoms with van der Waals surface area (Å²) in [4.78, 5) is 0. The summed E-state index contributed by atoms with van der Waals surface area (Å²) in [6.07, 6.45) is 0.117. The predicted octanol–water partition coefficient (Wildman–Crippen LogP) is 5.52. The SMILES string of the molecule is CC(C)Oc1ccccc1Nc1cc(Cl)cc(Cl)c1. The molecule has 0 bridgehead atoms. The molecule has 0 spiro atoms. The molecule has 0 unspecified atom stereocenters. The van der Waals surface area contributed by atoms with Crippen LogP contribution in [0.5, 0.6) is 5.75 Å². The van der Waals surface area contributed by atoms with Gasteiger partial charge in [0.25, 0.3) is 0 Å². The number of ether oxygens (including phenoxy) is 1. The second-order valence-electron chi connectivity index (χ2n) is 4.45. The van der Waals surface area contributed by atoms with Crippen LogP contribution in [0.1, 0.15) is 13.8 Å². The van der Waals surface area contributed by atoms with E-state index >= 15 is 0 Å². The van der Waals surface area contributed by atoms with E-state index in [9.17, 15) is 0 Å². The molecule has 0 fully saturated rings. The van der Waals surface area contributed by atoms with Crippen molar-refractivity contribution in [2.75, 3.05) is 5.32 Å². The molecule has 0 aromatic heterocycles. The Morgan fingerprint density at radius 1 is 1.00 bits per heavy atom. The number of anilines is 2. The Kier molecular flexibility index (Phi) is 4.56. The van der Waals surface area contributed by atoms with E-state index in [2.05, 4.69) is 5.32 Å². The van der Waals surface area contributed by atoms with Crippen molar-refractivity contribution in [3.63, 3.8) is 0 Å². The molecule has 0 atom stereocenters. The van der Waals surface area contributed by atoms with E-state index < -0.39 is 0 Å². The lowest BCUT2D eigenvalue weighted by atomic mass is 10.2. The molecule has 0 saturated carbocycles. The van der Waals surface area contributed by atoms with Gasteiger partial charge in [-0.3, -0.25) is 0 Å². The Labute approximate surface area is 123 Å². The second kappa shape index (κ2) is 6.18. The number of para-hydroxylation sites is 2. The second-order valence-corrected chi connectivity index (χ2v) is 5.32. The summed E-state index contributed by atoms with van der Waals surface area (Å²) in [5, 5.41) is 4.46. The molecule has 2 rings (SSSR count). The average Bonchev–Trinajstić information content (AvgIpc) is 2.29. The topological polar surface area (TPSA) is 21.3 Å². The third kappa shape index (κ3) is 4.05. The summed E-state index contributed by atoms with van der Waals surface area (Å²) < 4.78 is 5.75. The minimum atomic E-state index is 0.117. The third-order valence-electron chi connectivity index (χ3n) is 2.39. The van der Waals surface area contributed by atoms with Crippen molar-refractivity contribution in [3.8, 4) is 5.75 Å². The van der Waals surface area contributed by atoms with Crippen LogP contribution in [-0.4, -0.2) is 6.10 Å². The number of hydrogen-bond acceptors (Lipinski definition) is 2. The fourth-order valence-corrected chi connectivity index (χ4v) is 2.23. The molecular weight excluding hydrogens is 281 g/mol. The first-order chi connectivity index (χ1) is 9.04. The number of hydrogen-bond donors (Lipinski definition) is 1. The molecule has 0 aliphatic carbocycles. The number of halogens is 2. The molecular formula is C15H15Cl2NO. The van der Waals surface area contributed by atoms with Gasteiger partial charge >= 0.3 is 0 Å². The van der Waals surface area contributed by atoms with Gasteiger partial charge in [-0.1, -0.05) is 35.3 Å². The monoisotopic (exact) mass is 295 g/mol. The van der Waals surface area contributed by atoms with Crippen molar-refractivity contribution < 1.29 is 4.74 Å². The van der Waals surface area contributed by atoms with Crippen molar-refractivity contribution in [1.82, 2.24) is 0 Å². The maximum Gasteiger partial charge on any atom is 0.143 e. The summed E-state index contributed by atoms with van der Waals surface area (Å²) in [5.41, 5.74) is 1.71. The van der Waals surface area contributed by atoms with Crippen molar-refractivity contribution in [1.29, 1.82) is 0 Å². The standard InChI is InChI=1S/C15H15Cl2NO/c1-10(2)19-15-6-4-3-5-14(15)18-13-8-11(16)7-12(17)9-13/h3-10,18H,1-2H3. The Hall–Kier alpha value is -1.38. The van der Waals surface area contributed by atoms with E-state index in [0.29, 0.717) is 10.0 Å². The van der Waals surface area contributed by atoms with Crippen LogP contribution in [0.4, 0.5) is 11.4 Å². The van der Waals surface area contributed by atoms with Crippen LogP contribution in [0.3, 0.4) is 0 Å². The number of rotatable bonds is 4. The lowest BCUT2D eigenvalue weighted by molar-refractivity contribution is 0.244. The fraction of sp³-hybridized carbons (Fsp3) is 0.200. The molecule has 100 valence electrons. The van der Waals surface area contributed by atoms with Gasteiger partial charge in [0.15, 0.2) is 0 Å². The summed E-state index contributed by atoms with van der Waals surface area (Å²) in [6, 6.07) is 13.1. The van der Waals surface area contributed by atoms with Gasteiger partial charge in [-0.2, -0.15) is 0 Å². The largest absolute Gasteiger partial charge is 0.489 e. The Bertz CT molecular complexity index is 550. The lowest BCUT2D eigenvalue weighted by Gasteiger charge is -2.15. The van der Waals surface area contributed by atoms with E-state index in [-0.39, 0.29) is 6.10 Å². The van der Waals surface area contributed by atoms with Gasteiger partial charge in [0, 0.05) is 15.7 Å². The molecule has 0 aliphatic heterocycles. The van der Waals surface area contributed by atoms with Gasteiger partial charge in [0.1, 0.15) is 5.75 Å². The van der Waals surface area contributed by atoms with E-state index in [1.807, 2.05) is 50.2 Å². The summed E-state index contributed by atoms with van der Waals surface area (Å²) in [5.74, 6) is 0.800. The predicted molar refractivity (Wildman–Crippen MR) is 82.0 cm³/mol. The Morgan fingerprint density at radius 2 is 1.63 bits per heavy atom. The van der Waals surface area contributed by atoms with E-state index in [1.165, 1.54) is 0 Å². The van der Waals surface area contributed by atoms with Gasteiger partial charge in [0.05, 0.1) is 11.8 Å². The van der Waals surface area contributed by atoms with Gasteiger partial charge in [0.2, 0.25) is 0 Å². The van der Waals surface area contributed by atoms with Crippen molar-refractivity contribution in [2.45, 2.75) is 20.0 Å². The number of nitrogens with one attached hydrogen (secondary N) is 1. The van der Waals surface area contributed by atoms with Crippen LogP contribution >= 0.6 is 23.2 Å². The minimum absolute atomic E-state index is 0.117. The highest BCUT2D eigenvalue weighted by molar-refractivity contribution is 6.35. The molecule has 2 aromatic carbocycles. The quantitative estimate of drug-likeness (QED) is 0.801. The van der Waals surface area contributed by atoms with E-state index in [4.69, 9.17) is 27.9 Å². The molecule has 2 aromatic rings. The highest BCUT2D eigenvalue weighted by Crippen LogP contribution is 2.30. The highest BCUT2D eigenvalue weighted by Gasteiger charge is 2.06. The lowest BCUT2D eigenvalue weighted by Crippen LogP contribution is -2.07. The molecule has 19 heavy (non-hydrogen) atoms. The molecule has 0 heterocycles. The van der Waals surface area contributed by atoms with Crippen molar-refractivity contribution >= 4 is 34.6 Å². The maximum atomic E-state index is 5.98. The Morgan fingerprint density at radius 3 is 2.26 bits per heavy atom. The van der Waals surface area contributed by atoms with Crippen molar-refractivity contribution in [3.05, 3.63) is 52.5 Å². The van der Waals surface area contributed by atoms with Crippen molar-refractivity contribution in [2.24, 2.45) is 0 Å². The van der Waals surface area contributed by atoms with Crippen LogP contribution in [0, 0.1) is 0 Å². The normalized spacial score (nSPS) is 10.6. The van der Waals surface area contributed by atoms with Crippen LogP contribution in [0.15, 0.2) is 42.5 Å². The first-order valence-corrected chi connectivity index (χ1v) is 6.79. The van der Waals surface area contributed by atoms with Gasteiger partial charge < -0.3 is 10.1 Å². The van der Waals surface area contributed by atoms with Crippen LogP contribution < -0.4 is 10.1 Å². The maximum absolute atomic E-state index is 5.98. The molecule has 2 nitrogen and oxygen atoms in total. The zero-order valence-corrected chi connectivity index (χ0v) is 12.3. The van der Waals surface area contributed by atoms with E-state index in [0.717, 1.165) is 17.1 Å².